The van der Waals surface area contributed by atoms with Crippen molar-refractivity contribution in [2.45, 2.75) is 31.7 Å². The number of benzene rings is 1. The Morgan fingerprint density at radius 1 is 1.20 bits per heavy atom. The fourth-order valence-electron chi connectivity index (χ4n) is 2.99. The number of aliphatic carboxylic acids is 1. The van der Waals surface area contributed by atoms with E-state index in [0.717, 1.165) is 5.56 Å². The molecule has 0 saturated carbocycles. The molecule has 138 valence electrons. The van der Waals surface area contributed by atoms with Gasteiger partial charge in [0, 0.05) is 25.7 Å². The van der Waals surface area contributed by atoms with E-state index in [1.54, 1.807) is 20.3 Å². The molecular weight excluding hydrogens is 326 g/mol. The number of aryl methyl sites for hydroxylation is 1. The Morgan fingerprint density at radius 2 is 1.88 bits per heavy atom. The van der Waals surface area contributed by atoms with Crippen molar-refractivity contribution in [3.05, 3.63) is 23.8 Å². The zero-order valence-corrected chi connectivity index (χ0v) is 14.7. The van der Waals surface area contributed by atoms with Gasteiger partial charge in [0.1, 0.15) is 6.54 Å². The molecule has 1 saturated heterocycles. The van der Waals surface area contributed by atoms with Crippen LogP contribution in [0.1, 0.15) is 24.8 Å². The van der Waals surface area contributed by atoms with Gasteiger partial charge in [0.2, 0.25) is 5.91 Å². The first-order chi connectivity index (χ1) is 12.0. The molecule has 2 rings (SSSR count). The molecule has 1 heterocycles. The van der Waals surface area contributed by atoms with Gasteiger partial charge >= 0.3 is 5.97 Å². The molecule has 0 bridgehead atoms. The Morgan fingerprint density at radius 3 is 2.48 bits per heavy atom. The van der Waals surface area contributed by atoms with Crippen LogP contribution in [0.2, 0.25) is 0 Å². The third kappa shape index (κ3) is 5.35. The maximum absolute atomic E-state index is 12.6. The van der Waals surface area contributed by atoms with E-state index in [2.05, 4.69) is 0 Å². The zero-order chi connectivity index (χ0) is 18.2. The Hall–Kier alpha value is -2.28. The highest BCUT2D eigenvalue weighted by Crippen LogP contribution is 2.28. The van der Waals surface area contributed by atoms with Crippen LogP contribution in [0.4, 0.5) is 0 Å². The largest absolute Gasteiger partial charge is 0.493 e. The molecule has 0 unspecified atom stereocenters. The minimum atomic E-state index is -0.994. The van der Waals surface area contributed by atoms with Crippen LogP contribution in [0.15, 0.2) is 18.2 Å². The second kappa shape index (κ2) is 9.27. The molecule has 1 fully saturated rings. The van der Waals surface area contributed by atoms with Crippen LogP contribution in [-0.2, 0) is 20.7 Å². The normalized spacial score (nSPS) is 14.8. The number of ether oxygens (including phenoxy) is 3. The lowest BCUT2D eigenvalue weighted by Crippen LogP contribution is -2.46. The number of carbonyl (C=O) groups is 2. The quantitative estimate of drug-likeness (QED) is 0.768. The molecule has 0 aliphatic carbocycles. The molecular formula is C18H25NO6. The lowest BCUT2D eigenvalue weighted by molar-refractivity contribution is -0.147. The number of hydrogen-bond donors (Lipinski definition) is 1. The first-order valence-corrected chi connectivity index (χ1v) is 8.35. The van der Waals surface area contributed by atoms with Crippen molar-refractivity contribution in [1.82, 2.24) is 4.90 Å². The Kier molecular flexibility index (Phi) is 7.06. The van der Waals surface area contributed by atoms with Crippen LogP contribution in [0, 0.1) is 0 Å². The van der Waals surface area contributed by atoms with Crippen molar-refractivity contribution in [3.8, 4) is 11.5 Å². The molecule has 7 nitrogen and oxygen atoms in total. The SMILES string of the molecule is COc1ccc(CCC(=O)N(CC(=O)O)C2CCOCC2)cc1OC. The maximum Gasteiger partial charge on any atom is 0.323 e. The van der Waals surface area contributed by atoms with Crippen molar-refractivity contribution >= 4 is 11.9 Å². The predicted octanol–water partition coefficient (Wildman–Crippen LogP) is 1.73. The summed E-state index contributed by atoms with van der Waals surface area (Å²) in [6.45, 7) is 0.850. The number of rotatable bonds is 8. The molecule has 1 N–H and O–H groups in total. The molecule has 0 atom stereocenters. The van der Waals surface area contributed by atoms with Crippen LogP contribution in [0.5, 0.6) is 11.5 Å². The third-order valence-corrected chi connectivity index (χ3v) is 4.33. The van der Waals surface area contributed by atoms with Crippen LogP contribution in [0.3, 0.4) is 0 Å². The lowest BCUT2D eigenvalue weighted by Gasteiger charge is -2.33. The van der Waals surface area contributed by atoms with Crippen molar-refractivity contribution in [2.75, 3.05) is 34.0 Å². The van der Waals surface area contributed by atoms with Gasteiger partial charge in [-0.2, -0.15) is 0 Å². The summed E-state index contributed by atoms with van der Waals surface area (Å²) in [4.78, 5) is 25.2. The minimum Gasteiger partial charge on any atom is -0.493 e. The standard InChI is InChI=1S/C18H25NO6/c1-23-15-5-3-13(11-16(15)24-2)4-6-17(20)19(12-18(21)22)14-7-9-25-10-8-14/h3,5,11,14H,4,6-10,12H2,1-2H3,(H,21,22). The van der Waals surface area contributed by atoms with Gasteiger partial charge in [-0.1, -0.05) is 6.07 Å². The third-order valence-electron chi connectivity index (χ3n) is 4.33. The molecule has 1 aromatic rings. The fraction of sp³-hybridized carbons (Fsp3) is 0.556. The topological polar surface area (TPSA) is 85.3 Å². The number of carbonyl (C=O) groups excluding carboxylic acids is 1. The van der Waals surface area contributed by atoms with E-state index in [9.17, 15) is 9.59 Å². The maximum atomic E-state index is 12.6. The monoisotopic (exact) mass is 351 g/mol. The van der Waals surface area contributed by atoms with E-state index < -0.39 is 5.97 Å². The number of amides is 1. The lowest BCUT2D eigenvalue weighted by atomic mass is 10.0. The smallest absolute Gasteiger partial charge is 0.323 e. The van der Waals surface area contributed by atoms with E-state index in [1.807, 2.05) is 12.1 Å². The Balaban J connectivity index is 2.01. The molecule has 0 spiro atoms. The van der Waals surface area contributed by atoms with Gasteiger partial charge in [-0.3, -0.25) is 9.59 Å². The minimum absolute atomic E-state index is 0.0669. The van der Waals surface area contributed by atoms with Gasteiger partial charge in [-0.15, -0.1) is 0 Å². The average molecular weight is 351 g/mol. The van der Waals surface area contributed by atoms with E-state index in [-0.39, 0.29) is 24.9 Å². The number of carboxylic acids is 1. The van der Waals surface area contributed by atoms with Crippen LogP contribution in [-0.4, -0.2) is 61.9 Å². The molecule has 0 radical (unpaired) electrons. The summed E-state index contributed by atoms with van der Waals surface area (Å²) < 4.78 is 15.8. The van der Waals surface area contributed by atoms with Crippen LogP contribution < -0.4 is 9.47 Å². The van der Waals surface area contributed by atoms with Crippen molar-refractivity contribution in [2.24, 2.45) is 0 Å². The molecule has 1 amide bonds. The zero-order valence-electron chi connectivity index (χ0n) is 14.7. The van der Waals surface area contributed by atoms with Crippen molar-refractivity contribution in [1.29, 1.82) is 0 Å². The number of nitrogens with zero attached hydrogens (tertiary/aromatic N) is 1. The predicted molar refractivity (Wildman–Crippen MR) is 91.1 cm³/mol. The number of carboxylic acid groups (broad SMARTS) is 1. The molecule has 25 heavy (non-hydrogen) atoms. The highest BCUT2D eigenvalue weighted by molar-refractivity contribution is 5.81. The summed E-state index contributed by atoms with van der Waals surface area (Å²) in [5, 5.41) is 9.12. The second-order valence-electron chi connectivity index (χ2n) is 5.95. The summed E-state index contributed by atoms with van der Waals surface area (Å²) in [7, 11) is 3.13. The first kappa shape index (κ1) is 19.1. The summed E-state index contributed by atoms with van der Waals surface area (Å²) in [5.41, 5.74) is 0.938. The van der Waals surface area contributed by atoms with Gasteiger partial charge in [0.25, 0.3) is 0 Å². The van der Waals surface area contributed by atoms with E-state index >= 15 is 0 Å². The van der Waals surface area contributed by atoms with E-state index in [1.165, 1.54) is 4.90 Å². The molecule has 1 aliphatic heterocycles. The van der Waals surface area contributed by atoms with Gasteiger partial charge in [-0.05, 0) is 37.0 Å². The van der Waals surface area contributed by atoms with Crippen LogP contribution >= 0.6 is 0 Å². The first-order valence-electron chi connectivity index (χ1n) is 8.35. The number of hydrogen-bond acceptors (Lipinski definition) is 5. The number of methoxy groups -OCH3 is 2. The summed E-state index contributed by atoms with van der Waals surface area (Å²) in [6, 6.07) is 5.45. The summed E-state index contributed by atoms with van der Waals surface area (Å²) in [5.74, 6) is 0.0987. The van der Waals surface area contributed by atoms with Gasteiger partial charge in [0.15, 0.2) is 11.5 Å². The second-order valence-corrected chi connectivity index (χ2v) is 5.95. The molecule has 1 aliphatic rings. The Bertz CT molecular complexity index is 597. The van der Waals surface area contributed by atoms with Crippen molar-refractivity contribution in [3.63, 3.8) is 0 Å². The highest BCUT2D eigenvalue weighted by atomic mass is 16.5. The van der Waals surface area contributed by atoms with E-state index in [0.29, 0.717) is 44.0 Å². The van der Waals surface area contributed by atoms with Crippen molar-refractivity contribution < 1.29 is 28.9 Å². The summed E-state index contributed by atoms with van der Waals surface area (Å²) in [6.07, 6.45) is 2.11. The Labute approximate surface area is 147 Å². The van der Waals surface area contributed by atoms with Gasteiger partial charge in [-0.25, -0.2) is 0 Å². The molecule has 1 aromatic carbocycles. The summed E-state index contributed by atoms with van der Waals surface area (Å²) >= 11 is 0. The fourth-order valence-corrected chi connectivity index (χ4v) is 2.99. The molecule has 0 aromatic heterocycles. The van der Waals surface area contributed by atoms with Crippen LogP contribution in [0.25, 0.3) is 0 Å². The molecule has 7 heteroatoms. The highest BCUT2D eigenvalue weighted by Gasteiger charge is 2.27. The van der Waals surface area contributed by atoms with Gasteiger partial charge < -0.3 is 24.2 Å². The average Bonchev–Trinajstić information content (AvgIpc) is 2.64. The van der Waals surface area contributed by atoms with Gasteiger partial charge in [0.05, 0.1) is 14.2 Å². The van der Waals surface area contributed by atoms with E-state index in [4.69, 9.17) is 19.3 Å².